The Kier molecular flexibility index (Phi) is 6.36. The summed E-state index contributed by atoms with van der Waals surface area (Å²) >= 11 is 1.29. The van der Waals surface area contributed by atoms with Crippen molar-refractivity contribution in [2.45, 2.75) is 32.2 Å². The summed E-state index contributed by atoms with van der Waals surface area (Å²) in [6, 6.07) is 20.8. The summed E-state index contributed by atoms with van der Waals surface area (Å²) in [7, 11) is 0. The average Bonchev–Trinajstić information content (AvgIpc) is 3.54. The number of carbonyl (C=O) groups excluding carboxylic acids is 1. The topological polar surface area (TPSA) is 76.2 Å². The lowest BCUT2D eigenvalue weighted by atomic mass is 10.0. The number of nitrogen functional groups attached to an aromatic ring is 1. The van der Waals surface area contributed by atoms with Gasteiger partial charge in [-0.1, -0.05) is 36.5 Å². The lowest BCUT2D eigenvalue weighted by Crippen LogP contribution is -2.34. The van der Waals surface area contributed by atoms with Gasteiger partial charge in [0.2, 0.25) is 5.78 Å². The van der Waals surface area contributed by atoms with E-state index in [9.17, 15) is 4.79 Å². The van der Waals surface area contributed by atoms with E-state index >= 15 is 0 Å². The predicted octanol–water partition coefficient (Wildman–Crippen LogP) is 5.91. The first-order chi connectivity index (χ1) is 16.6. The molecule has 4 aromatic rings. The fourth-order valence-corrected chi connectivity index (χ4v) is 5.37. The van der Waals surface area contributed by atoms with Crippen LogP contribution in [0.1, 0.15) is 46.6 Å². The SMILES string of the molecule is CCc1cccc(C(=O)c2sc(Nc3ccc(N4CCC(n5cccc5)CC4)cc3)nc2N)c1. The molecule has 1 aliphatic rings. The molecule has 0 radical (unpaired) electrons. The summed E-state index contributed by atoms with van der Waals surface area (Å²) < 4.78 is 2.32. The molecule has 6 nitrogen and oxygen atoms in total. The highest BCUT2D eigenvalue weighted by Gasteiger charge is 2.21. The molecule has 0 saturated carbocycles. The van der Waals surface area contributed by atoms with Gasteiger partial charge >= 0.3 is 0 Å². The van der Waals surface area contributed by atoms with Crippen LogP contribution in [0.5, 0.6) is 0 Å². The van der Waals surface area contributed by atoms with Crippen LogP contribution in [0, 0.1) is 0 Å². The Bertz CT molecular complexity index is 1250. The van der Waals surface area contributed by atoms with Crippen molar-refractivity contribution in [1.82, 2.24) is 9.55 Å². The average molecular weight is 472 g/mol. The highest BCUT2D eigenvalue weighted by atomic mass is 32.1. The summed E-state index contributed by atoms with van der Waals surface area (Å²) in [4.78, 5) is 20.3. The van der Waals surface area contributed by atoms with Crippen LogP contribution in [0.15, 0.2) is 73.1 Å². The van der Waals surface area contributed by atoms with Gasteiger partial charge in [-0.3, -0.25) is 4.79 Å². The van der Waals surface area contributed by atoms with E-state index < -0.39 is 0 Å². The first-order valence-electron chi connectivity index (χ1n) is 11.7. The lowest BCUT2D eigenvalue weighted by Gasteiger charge is -2.34. The number of hydrogen-bond donors (Lipinski definition) is 2. The van der Waals surface area contributed by atoms with Crippen molar-refractivity contribution in [2.24, 2.45) is 0 Å². The van der Waals surface area contributed by atoms with E-state index in [1.165, 1.54) is 17.0 Å². The smallest absolute Gasteiger partial charge is 0.206 e. The number of piperidine rings is 1. The molecule has 0 spiro atoms. The third-order valence-corrected chi connectivity index (χ3v) is 7.44. The van der Waals surface area contributed by atoms with Gasteiger partial charge in [0.15, 0.2) is 5.13 Å². The molecule has 174 valence electrons. The van der Waals surface area contributed by atoms with Gasteiger partial charge in [0, 0.05) is 48.5 Å². The molecular weight excluding hydrogens is 442 g/mol. The summed E-state index contributed by atoms with van der Waals surface area (Å²) in [5.74, 6) is 0.179. The largest absolute Gasteiger partial charge is 0.382 e. The lowest BCUT2D eigenvalue weighted by molar-refractivity contribution is 0.104. The van der Waals surface area contributed by atoms with Crippen molar-refractivity contribution >= 4 is 39.4 Å². The Morgan fingerprint density at radius 1 is 1.09 bits per heavy atom. The first kappa shape index (κ1) is 22.2. The molecule has 0 aliphatic carbocycles. The van der Waals surface area contributed by atoms with E-state index in [2.05, 4.69) is 75.5 Å². The van der Waals surface area contributed by atoms with Crippen molar-refractivity contribution in [3.8, 4) is 0 Å². The zero-order valence-corrected chi connectivity index (χ0v) is 20.1. The quantitative estimate of drug-likeness (QED) is 0.328. The second kappa shape index (κ2) is 9.73. The van der Waals surface area contributed by atoms with Gasteiger partial charge in [-0.05, 0) is 67.3 Å². The molecule has 3 N–H and O–H groups in total. The number of hydrogen-bond acceptors (Lipinski definition) is 6. The van der Waals surface area contributed by atoms with E-state index in [1.54, 1.807) is 0 Å². The minimum absolute atomic E-state index is 0.0861. The summed E-state index contributed by atoms with van der Waals surface area (Å²) in [6.07, 6.45) is 7.49. The van der Waals surface area contributed by atoms with Crippen LogP contribution in [0.3, 0.4) is 0 Å². The number of ketones is 1. The normalized spacial score (nSPS) is 14.3. The highest BCUT2D eigenvalue weighted by Crippen LogP contribution is 2.31. The molecule has 2 aromatic carbocycles. The van der Waals surface area contributed by atoms with Crippen molar-refractivity contribution in [1.29, 1.82) is 0 Å². The Morgan fingerprint density at radius 3 is 2.53 bits per heavy atom. The maximum Gasteiger partial charge on any atom is 0.206 e. The van der Waals surface area contributed by atoms with Crippen LogP contribution in [0.4, 0.5) is 22.3 Å². The van der Waals surface area contributed by atoms with Gasteiger partial charge in [-0.25, -0.2) is 4.98 Å². The fraction of sp³-hybridized carbons (Fsp3) is 0.259. The van der Waals surface area contributed by atoms with Gasteiger partial charge in [-0.15, -0.1) is 0 Å². The molecule has 0 amide bonds. The number of nitrogens with two attached hydrogens (primary N) is 1. The number of rotatable bonds is 7. The molecule has 0 bridgehead atoms. The van der Waals surface area contributed by atoms with Crippen LogP contribution in [0.25, 0.3) is 0 Å². The summed E-state index contributed by atoms with van der Waals surface area (Å²) in [5, 5.41) is 3.92. The molecule has 0 unspecified atom stereocenters. The van der Waals surface area contributed by atoms with E-state index in [0.29, 0.717) is 21.6 Å². The second-order valence-electron chi connectivity index (χ2n) is 8.64. The number of anilines is 4. The van der Waals surface area contributed by atoms with Crippen LogP contribution in [0.2, 0.25) is 0 Å². The number of thiazole rings is 1. The molecule has 0 atom stereocenters. The minimum Gasteiger partial charge on any atom is -0.382 e. The predicted molar refractivity (Wildman–Crippen MR) is 140 cm³/mol. The van der Waals surface area contributed by atoms with Gasteiger partial charge < -0.3 is 20.5 Å². The van der Waals surface area contributed by atoms with Gasteiger partial charge in [0.1, 0.15) is 10.7 Å². The minimum atomic E-state index is -0.0861. The first-order valence-corrected chi connectivity index (χ1v) is 12.6. The van der Waals surface area contributed by atoms with Gasteiger partial charge in [0.25, 0.3) is 0 Å². The van der Waals surface area contributed by atoms with Crippen LogP contribution < -0.4 is 16.0 Å². The molecule has 34 heavy (non-hydrogen) atoms. The number of nitrogens with one attached hydrogen (secondary N) is 1. The third-order valence-electron chi connectivity index (χ3n) is 6.45. The van der Waals surface area contributed by atoms with E-state index in [0.717, 1.165) is 43.6 Å². The number of benzene rings is 2. The number of aromatic nitrogens is 2. The Balaban J connectivity index is 1.23. The molecular formula is C27H29N5OS. The zero-order valence-electron chi connectivity index (χ0n) is 19.3. The fourth-order valence-electron chi connectivity index (χ4n) is 4.50. The second-order valence-corrected chi connectivity index (χ2v) is 9.64. The van der Waals surface area contributed by atoms with Gasteiger partial charge in [-0.2, -0.15) is 0 Å². The molecule has 1 saturated heterocycles. The maximum atomic E-state index is 13.0. The van der Waals surface area contributed by atoms with Crippen molar-refractivity contribution in [3.05, 3.63) is 89.1 Å². The molecule has 1 aliphatic heterocycles. The Morgan fingerprint density at radius 2 is 1.82 bits per heavy atom. The Hall–Kier alpha value is -3.58. The summed E-state index contributed by atoms with van der Waals surface area (Å²) in [6.45, 7) is 4.16. The highest BCUT2D eigenvalue weighted by molar-refractivity contribution is 7.18. The van der Waals surface area contributed by atoms with E-state index in [1.807, 2.05) is 24.3 Å². The number of aryl methyl sites for hydroxylation is 1. The van der Waals surface area contributed by atoms with Crippen molar-refractivity contribution in [3.63, 3.8) is 0 Å². The third kappa shape index (κ3) is 4.70. The van der Waals surface area contributed by atoms with E-state index in [-0.39, 0.29) is 11.6 Å². The van der Waals surface area contributed by atoms with Crippen LogP contribution in [-0.2, 0) is 6.42 Å². The monoisotopic (exact) mass is 471 g/mol. The van der Waals surface area contributed by atoms with Crippen molar-refractivity contribution in [2.75, 3.05) is 29.0 Å². The molecule has 1 fully saturated rings. The van der Waals surface area contributed by atoms with E-state index in [4.69, 9.17) is 5.73 Å². The molecule has 7 heteroatoms. The maximum absolute atomic E-state index is 13.0. The molecule has 2 aromatic heterocycles. The van der Waals surface area contributed by atoms with Crippen molar-refractivity contribution < 1.29 is 4.79 Å². The van der Waals surface area contributed by atoms with Crippen LogP contribution in [-0.4, -0.2) is 28.4 Å². The molecule has 5 rings (SSSR count). The Labute approximate surface area is 204 Å². The zero-order chi connectivity index (χ0) is 23.5. The number of nitrogens with zero attached hydrogens (tertiary/aromatic N) is 3. The standard InChI is InChI=1S/C27H29N5OS/c1-2-19-6-5-7-20(18-19)24(33)25-26(28)30-27(34-25)29-21-8-10-22(11-9-21)32-16-12-23(13-17-32)31-14-3-4-15-31/h3-11,14-15,18,23H,2,12-13,16-17,28H2,1H3,(H,29,30). The van der Waals surface area contributed by atoms with Crippen LogP contribution >= 0.6 is 11.3 Å². The van der Waals surface area contributed by atoms with Gasteiger partial charge in [0.05, 0.1) is 0 Å². The number of carbonyl (C=O) groups is 1. The molecule has 3 heterocycles. The summed E-state index contributed by atoms with van der Waals surface area (Å²) in [5.41, 5.74) is 10.0.